The number of hydrogen-bond donors (Lipinski definition) is 1. The SMILES string of the molecule is Cc1c(Cl)cccc1NC(=O)CSC1=N[C@H]2CS(=O)(=O)C[C@H]2N1Cc1ccc(Cl)cc1. The van der Waals surface area contributed by atoms with Crippen LogP contribution in [0.25, 0.3) is 0 Å². The fourth-order valence-corrected chi connectivity index (χ4v) is 6.82. The summed E-state index contributed by atoms with van der Waals surface area (Å²) in [4.78, 5) is 19.2. The predicted octanol–water partition coefficient (Wildman–Crippen LogP) is 4.01. The largest absolute Gasteiger partial charge is 0.341 e. The molecule has 0 bridgehead atoms. The van der Waals surface area contributed by atoms with Gasteiger partial charge >= 0.3 is 0 Å². The first-order valence-electron chi connectivity index (χ1n) is 9.69. The molecule has 10 heteroatoms. The molecule has 0 unspecified atom stereocenters. The summed E-state index contributed by atoms with van der Waals surface area (Å²) in [5.41, 5.74) is 2.49. The number of sulfone groups is 1. The molecule has 6 nitrogen and oxygen atoms in total. The number of hydrogen-bond acceptors (Lipinski definition) is 6. The number of carbonyl (C=O) groups is 1. The van der Waals surface area contributed by atoms with Gasteiger partial charge in [0.25, 0.3) is 0 Å². The molecule has 2 atom stereocenters. The summed E-state index contributed by atoms with van der Waals surface area (Å²) < 4.78 is 24.3. The quantitative estimate of drug-likeness (QED) is 0.674. The van der Waals surface area contributed by atoms with Crippen molar-refractivity contribution in [3.05, 3.63) is 63.6 Å². The lowest BCUT2D eigenvalue weighted by Gasteiger charge is -2.26. The normalized spacial score (nSPS) is 21.6. The molecule has 2 aromatic rings. The molecule has 1 saturated heterocycles. The second kappa shape index (κ2) is 9.02. The van der Waals surface area contributed by atoms with Crippen molar-refractivity contribution in [1.82, 2.24) is 4.90 Å². The first kappa shape index (κ1) is 22.5. The number of thioether (sulfide) groups is 1. The molecule has 2 aromatic carbocycles. The lowest BCUT2D eigenvalue weighted by Crippen LogP contribution is -2.38. The summed E-state index contributed by atoms with van der Waals surface area (Å²) in [6.07, 6.45) is 0. The van der Waals surface area contributed by atoms with Crippen molar-refractivity contribution in [2.24, 2.45) is 4.99 Å². The summed E-state index contributed by atoms with van der Waals surface area (Å²) in [5.74, 6) is 0.113. The molecule has 1 amide bonds. The third-order valence-electron chi connectivity index (χ3n) is 5.36. The molecule has 2 heterocycles. The van der Waals surface area contributed by atoms with E-state index in [0.717, 1.165) is 11.1 Å². The van der Waals surface area contributed by atoms with Gasteiger partial charge in [-0.3, -0.25) is 9.79 Å². The topological polar surface area (TPSA) is 78.8 Å². The van der Waals surface area contributed by atoms with Crippen LogP contribution in [0.2, 0.25) is 10.0 Å². The number of amidine groups is 1. The minimum Gasteiger partial charge on any atom is -0.341 e. The number of anilines is 1. The van der Waals surface area contributed by atoms with Crippen molar-refractivity contribution in [1.29, 1.82) is 0 Å². The van der Waals surface area contributed by atoms with Gasteiger partial charge in [0.1, 0.15) is 0 Å². The number of aliphatic imine (C=N–C) groups is 1. The van der Waals surface area contributed by atoms with E-state index < -0.39 is 9.84 Å². The number of halogens is 2. The second-order valence-electron chi connectivity index (χ2n) is 7.63. The van der Waals surface area contributed by atoms with Gasteiger partial charge < -0.3 is 10.2 Å². The van der Waals surface area contributed by atoms with E-state index in [1.54, 1.807) is 30.3 Å². The molecule has 4 rings (SSSR count). The number of carbonyl (C=O) groups excluding carboxylic acids is 1. The molecule has 1 fully saturated rings. The van der Waals surface area contributed by atoms with Crippen molar-refractivity contribution in [2.75, 3.05) is 22.6 Å². The van der Waals surface area contributed by atoms with Gasteiger partial charge in [-0.25, -0.2) is 8.42 Å². The lowest BCUT2D eigenvalue weighted by atomic mass is 10.1. The van der Waals surface area contributed by atoms with E-state index in [4.69, 9.17) is 23.2 Å². The van der Waals surface area contributed by atoms with Gasteiger partial charge in [-0.1, -0.05) is 53.2 Å². The van der Waals surface area contributed by atoms with Crippen LogP contribution in [0, 0.1) is 6.92 Å². The van der Waals surface area contributed by atoms with Gasteiger partial charge in [0.2, 0.25) is 5.91 Å². The molecule has 1 N–H and O–H groups in total. The van der Waals surface area contributed by atoms with Crippen LogP contribution in [0.3, 0.4) is 0 Å². The first-order valence-corrected chi connectivity index (χ1v) is 13.3. The monoisotopic (exact) mass is 497 g/mol. The highest BCUT2D eigenvalue weighted by Crippen LogP contribution is 2.32. The minimum absolute atomic E-state index is 0.0484. The molecular weight excluding hydrogens is 477 g/mol. The van der Waals surface area contributed by atoms with Crippen LogP contribution in [-0.4, -0.2) is 53.7 Å². The third kappa shape index (κ3) is 5.19. The Morgan fingerprint density at radius 2 is 1.94 bits per heavy atom. The number of amides is 1. The zero-order valence-corrected chi connectivity index (χ0v) is 19.9. The maximum Gasteiger partial charge on any atom is 0.234 e. The number of rotatable bonds is 5. The number of benzene rings is 2. The van der Waals surface area contributed by atoms with Gasteiger partial charge in [0.05, 0.1) is 29.3 Å². The van der Waals surface area contributed by atoms with Gasteiger partial charge in [-0.2, -0.15) is 0 Å². The predicted molar refractivity (Wildman–Crippen MR) is 128 cm³/mol. The zero-order valence-electron chi connectivity index (χ0n) is 16.7. The van der Waals surface area contributed by atoms with Crippen LogP contribution >= 0.6 is 35.0 Å². The van der Waals surface area contributed by atoms with Crippen LogP contribution in [-0.2, 0) is 21.2 Å². The smallest absolute Gasteiger partial charge is 0.234 e. The van der Waals surface area contributed by atoms with E-state index in [1.807, 2.05) is 24.0 Å². The van der Waals surface area contributed by atoms with Crippen LogP contribution < -0.4 is 5.32 Å². The lowest BCUT2D eigenvalue weighted by molar-refractivity contribution is -0.113. The van der Waals surface area contributed by atoms with Crippen LogP contribution in [0.4, 0.5) is 5.69 Å². The maximum atomic E-state index is 12.5. The number of nitrogens with one attached hydrogen (secondary N) is 1. The molecule has 0 spiro atoms. The molecular formula is C21H21Cl2N3O3S2. The Morgan fingerprint density at radius 1 is 1.19 bits per heavy atom. The van der Waals surface area contributed by atoms with E-state index in [-0.39, 0.29) is 35.2 Å². The van der Waals surface area contributed by atoms with E-state index in [1.165, 1.54) is 11.8 Å². The molecule has 2 aliphatic heterocycles. The second-order valence-corrected chi connectivity index (χ2v) is 11.6. The van der Waals surface area contributed by atoms with Crippen molar-refractivity contribution in [3.8, 4) is 0 Å². The Labute approximate surface area is 195 Å². The fourth-order valence-electron chi connectivity index (χ4n) is 3.74. The van der Waals surface area contributed by atoms with Crippen molar-refractivity contribution in [3.63, 3.8) is 0 Å². The van der Waals surface area contributed by atoms with Gasteiger partial charge in [0.15, 0.2) is 15.0 Å². The average Bonchev–Trinajstić information content (AvgIpc) is 3.17. The Kier molecular flexibility index (Phi) is 6.53. The van der Waals surface area contributed by atoms with E-state index in [9.17, 15) is 13.2 Å². The Morgan fingerprint density at radius 3 is 2.68 bits per heavy atom. The number of nitrogens with zero attached hydrogens (tertiary/aromatic N) is 2. The van der Waals surface area contributed by atoms with Gasteiger partial charge in [-0.15, -0.1) is 0 Å². The first-order chi connectivity index (χ1) is 14.7. The highest BCUT2D eigenvalue weighted by molar-refractivity contribution is 8.14. The van der Waals surface area contributed by atoms with Crippen LogP contribution in [0.1, 0.15) is 11.1 Å². The molecule has 164 valence electrons. The van der Waals surface area contributed by atoms with Crippen molar-refractivity contribution < 1.29 is 13.2 Å². The van der Waals surface area contributed by atoms with Crippen molar-refractivity contribution >= 4 is 61.6 Å². The summed E-state index contributed by atoms with van der Waals surface area (Å²) >= 11 is 13.4. The van der Waals surface area contributed by atoms with Crippen LogP contribution in [0.5, 0.6) is 0 Å². The van der Waals surface area contributed by atoms with Gasteiger partial charge in [0, 0.05) is 22.3 Å². The minimum atomic E-state index is -3.11. The van der Waals surface area contributed by atoms with Crippen molar-refractivity contribution in [2.45, 2.75) is 25.6 Å². The molecule has 0 aromatic heterocycles. The molecule has 0 radical (unpaired) electrons. The van der Waals surface area contributed by atoms with Crippen LogP contribution in [0.15, 0.2) is 47.5 Å². The Hall–Kier alpha value is -1.74. The summed E-state index contributed by atoms with van der Waals surface area (Å²) in [5, 5.41) is 4.81. The van der Waals surface area contributed by atoms with E-state index in [2.05, 4.69) is 10.3 Å². The molecule has 2 aliphatic rings. The number of fused-ring (bicyclic) bond motifs is 1. The average molecular weight is 498 g/mol. The fraction of sp³-hybridized carbons (Fsp3) is 0.333. The Balaban J connectivity index is 1.46. The zero-order chi connectivity index (χ0) is 22.2. The summed E-state index contributed by atoms with van der Waals surface area (Å²) in [7, 11) is -3.11. The molecule has 0 aliphatic carbocycles. The molecule has 31 heavy (non-hydrogen) atoms. The highest BCUT2D eigenvalue weighted by atomic mass is 35.5. The van der Waals surface area contributed by atoms with E-state index in [0.29, 0.717) is 27.4 Å². The third-order valence-corrected chi connectivity index (χ3v) is 8.72. The van der Waals surface area contributed by atoms with Gasteiger partial charge in [-0.05, 0) is 42.3 Å². The Bertz CT molecular complexity index is 1140. The highest BCUT2D eigenvalue weighted by Gasteiger charge is 2.46. The molecule has 0 saturated carbocycles. The summed E-state index contributed by atoms with van der Waals surface area (Å²) in [6, 6.07) is 12.3. The van der Waals surface area contributed by atoms with E-state index >= 15 is 0 Å². The summed E-state index contributed by atoms with van der Waals surface area (Å²) in [6.45, 7) is 2.36. The standard InChI is InChI=1S/C21H21Cl2N3O3S2/c1-13-16(23)3-2-4-17(13)24-20(27)10-30-21-25-18-11-31(28,29)12-19(18)26(21)9-14-5-7-15(22)8-6-14/h2-8,18-19H,9-12H2,1H3,(H,24,27)/t18-,19+/m0/s1. The maximum absolute atomic E-state index is 12.5.